The van der Waals surface area contributed by atoms with Crippen molar-refractivity contribution in [3.8, 4) is 17.0 Å². The molecule has 0 spiro atoms. The molecule has 0 aliphatic carbocycles. The molecule has 36 heavy (non-hydrogen) atoms. The molecule has 3 heterocycles. The number of allylic oxidation sites excluding steroid dienone is 1. The lowest BCUT2D eigenvalue weighted by Gasteiger charge is -2.22. The smallest absolute Gasteiger partial charge is 0.225 e. The fourth-order valence-corrected chi connectivity index (χ4v) is 4.18. The number of hydrogen-bond donors (Lipinski definition) is 4. The Labute approximate surface area is 211 Å². The van der Waals surface area contributed by atoms with Crippen LogP contribution in [-0.4, -0.2) is 67.0 Å². The Bertz CT molecular complexity index is 1120. The molecule has 0 amide bonds. The van der Waals surface area contributed by atoms with Gasteiger partial charge in [-0.05, 0) is 50.8 Å². The normalized spacial score (nSPS) is 18.0. The molecule has 1 unspecified atom stereocenters. The van der Waals surface area contributed by atoms with Gasteiger partial charge in [-0.1, -0.05) is 6.07 Å². The van der Waals surface area contributed by atoms with Crippen molar-refractivity contribution in [3.05, 3.63) is 41.7 Å². The van der Waals surface area contributed by atoms with Crippen LogP contribution < -0.4 is 15.4 Å². The van der Waals surface area contributed by atoms with Gasteiger partial charge in [-0.25, -0.2) is 9.67 Å². The SMILES string of the molecule is CC(C)N/C(=N\C=N)n1cc2c(n1)-c1ccc(/C(C=N)=C/NCCOC3CCCCO3)cc1OCC2. The van der Waals surface area contributed by atoms with Crippen molar-refractivity contribution < 1.29 is 14.2 Å². The van der Waals surface area contributed by atoms with Gasteiger partial charge < -0.3 is 30.3 Å². The number of aliphatic imine (C=N–C) groups is 1. The molecule has 4 rings (SSSR count). The van der Waals surface area contributed by atoms with Crippen molar-refractivity contribution in [2.45, 2.75) is 51.9 Å². The summed E-state index contributed by atoms with van der Waals surface area (Å²) in [5, 5.41) is 26.5. The molecular formula is C26H35N7O3. The van der Waals surface area contributed by atoms with E-state index in [0.29, 0.717) is 32.1 Å². The van der Waals surface area contributed by atoms with Crippen molar-refractivity contribution >= 4 is 24.1 Å². The molecule has 1 fully saturated rings. The maximum Gasteiger partial charge on any atom is 0.225 e. The molecule has 10 heteroatoms. The molecule has 2 aliphatic rings. The Balaban J connectivity index is 1.48. The third-order valence-corrected chi connectivity index (χ3v) is 5.91. The molecule has 0 radical (unpaired) electrons. The molecule has 2 aliphatic heterocycles. The number of ether oxygens (including phenoxy) is 3. The van der Waals surface area contributed by atoms with Crippen LogP contribution in [0.4, 0.5) is 0 Å². The van der Waals surface area contributed by atoms with E-state index in [4.69, 9.17) is 30.1 Å². The molecule has 2 aromatic rings. The van der Waals surface area contributed by atoms with E-state index in [2.05, 4.69) is 15.6 Å². The van der Waals surface area contributed by atoms with Gasteiger partial charge in [-0.2, -0.15) is 5.10 Å². The second-order valence-electron chi connectivity index (χ2n) is 9.00. The first-order chi connectivity index (χ1) is 17.6. The van der Waals surface area contributed by atoms with Gasteiger partial charge in [-0.3, -0.25) is 5.41 Å². The molecule has 192 valence electrons. The summed E-state index contributed by atoms with van der Waals surface area (Å²) >= 11 is 0. The number of hydrogen-bond acceptors (Lipinski definition) is 7. The minimum atomic E-state index is -0.101. The molecule has 10 nitrogen and oxygen atoms in total. The number of fused-ring (bicyclic) bond motifs is 3. The summed E-state index contributed by atoms with van der Waals surface area (Å²) in [6.45, 7) is 6.49. The average molecular weight is 494 g/mol. The average Bonchev–Trinajstić information content (AvgIpc) is 3.22. The van der Waals surface area contributed by atoms with Crippen LogP contribution >= 0.6 is 0 Å². The molecule has 1 aromatic heterocycles. The van der Waals surface area contributed by atoms with Crippen molar-refractivity contribution in [3.63, 3.8) is 0 Å². The van der Waals surface area contributed by atoms with Gasteiger partial charge >= 0.3 is 0 Å². The fraction of sp³-hybridized carbons (Fsp3) is 0.462. The number of aromatic nitrogens is 2. The number of benzene rings is 1. The second-order valence-corrected chi connectivity index (χ2v) is 9.00. The zero-order valence-electron chi connectivity index (χ0n) is 20.9. The highest BCUT2D eigenvalue weighted by molar-refractivity contribution is 6.08. The molecule has 1 saturated heterocycles. The van der Waals surface area contributed by atoms with Crippen LogP contribution in [-0.2, 0) is 15.9 Å². The number of rotatable bonds is 9. The van der Waals surface area contributed by atoms with Crippen LogP contribution in [0.5, 0.6) is 5.75 Å². The number of nitrogens with one attached hydrogen (secondary N) is 4. The van der Waals surface area contributed by atoms with E-state index in [1.165, 1.54) is 6.21 Å². The van der Waals surface area contributed by atoms with E-state index in [1.807, 2.05) is 44.4 Å². The Morgan fingerprint density at radius 1 is 1.31 bits per heavy atom. The van der Waals surface area contributed by atoms with Gasteiger partial charge in [0, 0.05) is 60.9 Å². The highest BCUT2D eigenvalue weighted by Crippen LogP contribution is 2.36. The minimum Gasteiger partial charge on any atom is -0.493 e. The Hall–Kier alpha value is -3.50. The predicted octanol–water partition coefficient (Wildman–Crippen LogP) is 3.42. The van der Waals surface area contributed by atoms with Gasteiger partial charge in [0.2, 0.25) is 5.96 Å². The van der Waals surface area contributed by atoms with Gasteiger partial charge in [-0.15, -0.1) is 0 Å². The van der Waals surface area contributed by atoms with Crippen molar-refractivity contribution in [2.24, 2.45) is 4.99 Å². The summed E-state index contributed by atoms with van der Waals surface area (Å²) in [5.74, 6) is 1.23. The third kappa shape index (κ3) is 6.38. The first-order valence-corrected chi connectivity index (χ1v) is 12.5. The Morgan fingerprint density at radius 3 is 2.94 bits per heavy atom. The summed E-state index contributed by atoms with van der Waals surface area (Å²) in [6.07, 6.45) is 9.90. The van der Waals surface area contributed by atoms with Crippen LogP contribution in [0.1, 0.15) is 44.2 Å². The lowest BCUT2D eigenvalue weighted by molar-refractivity contribution is -0.161. The highest BCUT2D eigenvalue weighted by atomic mass is 16.7. The van der Waals surface area contributed by atoms with Crippen molar-refractivity contribution in [2.75, 3.05) is 26.4 Å². The first-order valence-electron chi connectivity index (χ1n) is 12.5. The van der Waals surface area contributed by atoms with E-state index >= 15 is 0 Å². The summed E-state index contributed by atoms with van der Waals surface area (Å²) < 4.78 is 19.1. The van der Waals surface area contributed by atoms with Crippen LogP contribution in [0.3, 0.4) is 0 Å². The summed E-state index contributed by atoms with van der Waals surface area (Å²) in [7, 11) is 0. The standard InChI is InChI=1S/C26H35N7O3/c1-18(2)31-26(30-17-28)33-16-20-8-11-34-23-13-19(6-7-22(23)25(20)32-33)21(14-27)15-29-9-12-36-24-5-3-4-10-35-24/h6-7,13-18,24,27,29H,3-5,8-12H2,1-2H3,(H2,28,30,31)/b21-15+,27-14?. The molecule has 4 N–H and O–H groups in total. The molecular weight excluding hydrogens is 458 g/mol. The van der Waals surface area contributed by atoms with E-state index in [1.54, 1.807) is 4.68 Å². The molecule has 0 bridgehead atoms. The molecule has 1 aromatic carbocycles. The van der Waals surface area contributed by atoms with Gasteiger partial charge in [0.25, 0.3) is 0 Å². The monoisotopic (exact) mass is 493 g/mol. The summed E-state index contributed by atoms with van der Waals surface area (Å²) in [4.78, 5) is 4.14. The summed E-state index contributed by atoms with van der Waals surface area (Å²) in [5.41, 5.74) is 4.39. The van der Waals surface area contributed by atoms with Gasteiger partial charge in [0.05, 0.1) is 18.9 Å². The highest BCUT2D eigenvalue weighted by Gasteiger charge is 2.21. The van der Waals surface area contributed by atoms with Crippen LogP contribution in [0.25, 0.3) is 16.8 Å². The number of nitrogens with zero attached hydrogens (tertiary/aromatic N) is 3. The Kier molecular flexibility index (Phi) is 8.85. The quantitative estimate of drug-likeness (QED) is 0.241. The minimum absolute atomic E-state index is 0.101. The maximum atomic E-state index is 7.90. The molecule has 0 saturated carbocycles. The second kappa shape index (κ2) is 12.5. The largest absolute Gasteiger partial charge is 0.493 e. The first kappa shape index (κ1) is 25.6. The van der Waals surface area contributed by atoms with Gasteiger partial charge in [0.15, 0.2) is 6.29 Å². The van der Waals surface area contributed by atoms with E-state index in [9.17, 15) is 0 Å². The lowest BCUT2D eigenvalue weighted by atomic mass is 10.0. The maximum absolute atomic E-state index is 7.90. The molecule has 1 atom stereocenters. The lowest BCUT2D eigenvalue weighted by Crippen LogP contribution is -2.36. The zero-order valence-corrected chi connectivity index (χ0v) is 20.9. The van der Waals surface area contributed by atoms with E-state index in [-0.39, 0.29) is 12.3 Å². The third-order valence-electron chi connectivity index (χ3n) is 5.91. The topological polar surface area (TPSA) is 130 Å². The van der Waals surface area contributed by atoms with Crippen LogP contribution in [0.15, 0.2) is 35.6 Å². The zero-order chi connectivity index (χ0) is 25.3. The summed E-state index contributed by atoms with van der Waals surface area (Å²) in [6, 6.07) is 6.06. The van der Waals surface area contributed by atoms with E-state index < -0.39 is 0 Å². The van der Waals surface area contributed by atoms with E-state index in [0.717, 1.165) is 65.9 Å². The van der Waals surface area contributed by atoms with Crippen molar-refractivity contribution in [1.29, 1.82) is 10.8 Å². The van der Waals surface area contributed by atoms with Crippen LogP contribution in [0, 0.1) is 10.8 Å². The Morgan fingerprint density at radius 2 is 2.19 bits per heavy atom. The van der Waals surface area contributed by atoms with Gasteiger partial charge in [0.1, 0.15) is 12.1 Å². The van der Waals surface area contributed by atoms with Crippen molar-refractivity contribution in [1.82, 2.24) is 20.4 Å². The fourth-order valence-electron chi connectivity index (χ4n) is 4.18. The predicted molar refractivity (Wildman–Crippen MR) is 141 cm³/mol. The van der Waals surface area contributed by atoms with Crippen LogP contribution in [0.2, 0.25) is 0 Å².